The van der Waals surface area contributed by atoms with Crippen molar-refractivity contribution in [3.05, 3.63) is 64.7 Å². The van der Waals surface area contributed by atoms with Gasteiger partial charge < -0.3 is 5.32 Å². The third-order valence-electron chi connectivity index (χ3n) is 5.62. The van der Waals surface area contributed by atoms with Gasteiger partial charge in [0.2, 0.25) is 10.0 Å². The number of rotatable bonds is 7. The van der Waals surface area contributed by atoms with Gasteiger partial charge in [0, 0.05) is 51.4 Å². The van der Waals surface area contributed by atoms with Gasteiger partial charge in [0.25, 0.3) is 5.91 Å². The highest BCUT2D eigenvalue weighted by atomic mass is 32.2. The Morgan fingerprint density at radius 1 is 1.03 bits per heavy atom. The highest BCUT2D eigenvalue weighted by Gasteiger charge is 2.19. The number of carbonyl (C=O) groups excluding carboxylic acids is 1. The molecule has 0 bridgehead atoms. The number of aryl methyl sites for hydroxylation is 1. The van der Waals surface area contributed by atoms with Gasteiger partial charge in [0.05, 0.1) is 4.90 Å². The van der Waals surface area contributed by atoms with E-state index in [0.717, 1.165) is 44.8 Å². The maximum absolute atomic E-state index is 12.5. The second-order valence-electron chi connectivity index (χ2n) is 7.82. The van der Waals surface area contributed by atoms with E-state index in [2.05, 4.69) is 39.4 Å². The van der Waals surface area contributed by atoms with E-state index in [0.29, 0.717) is 17.7 Å². The van der Waals surface area contributed by atoms with E-state index in [1.807, 2.05) is 6.07 Å². The topological polar surface area (TPSA) is 95.7 Å². The molecular weight excluding hydrogens is 400 g/mol. The van der Waals surface area contributed by atoms with Gasteiger partial charge in [-0.05, 0) is 42.7 Å². The summed E-state index contributed by atoms with van der Waals surface area (Å²) < 4.78 is 23.6. The molecule has 1 aliphatic rings. The quantitative estimate of drug-likeness (QED) is 0.694. The smallest absolute Gasteiger partial charge is 0.251 e. The average Bonchev–Trinajstić information content (AvgIpc) is 2.71. The van der Waals surface area contributed by atoms with Crippen LogP contribution in [0.5, 0.6) is 0 Å². The molecule has 162 valence electrons. The van der Waals surface area contributed by atoms with E-state index in [-0.39, 0.29) is 10.8 Å². The van der Waals surface area contributed by atoms with Crippen molar-refractivity contribution in [2.75, 3.05) is 39.3 Å². The number of nitrogens with two attached hydrogens (primary N) is 1. The normalized spacial score (nSPS) is 15.8. The van der Waals surface area contributed by atoms with Crippen LogP contribution in [0.4, 0.5) is 0 Å². The Balaban J connectivity index is 1.47. The minimum absolute atomic E-state index is 0.00203. The van der Waals surface area contributed by atoms with E-state index in [4.69, 9.17) is 5.14 Å². The van der Waals surface area contributed by atoms with Crippen LogP contribution in [-0.4, -0.2) is 63.4 Å². The molecule has 0 aliphatic carbocycles. The molecule has 3 N–H and O–H groups in total. The first-order chi connectivity index (χ1) is 14.2. The zero-order chi connectivity index (χ0) is 21.7. The second-order valence-corrected chi connectivity index (χ2v) is 9.35. The Bertz CT molecular complexity index is 985. The van der Waals surface area contributed by atoms with Crippen molar-refractivity contribution in [2.45, 2.75) is 25.3 Å². The van der Waals surface area contributed by atoms with Gasteiger partial charge >= 0.3 is 0 Å². The first-order valence-electron chi connectivity index (χ1n) is 10.1. The van der Waals surface area contributed by atoms with Crippen LogP contribution in [0.3, 0.4) is 0 Å². The first kappa shape index (κ1) is 22.4. The van der Waals surface area contributed by atoms with Crippen LogP contribution in [0, 0.1) is 13.8 Å². The fourth-order valence-corrected chi connectivity index (χ4v) is 4.57. The molecule has 7 nitrogen and oxygen atoms in total. The monoisotopic (exact) mass is 430 g/mol. The van der Waals surface area contributed by atoms with Crippen LogP contribution in [0.2, 0.25) is 0 Å². The molecule has 1 amide bonds. The Morgan fingerprint density at radius 3 is 2.30 bits per heavy atom. The summed E-state index contributed by atoms with van der Waals surface area (Å²) in [6.45, 7) is 9.61. The van der Waals surface area contributed by atoms with E-state index >= 15 is 0 Å². The van der Waals surface area contributed by atoms with Crippen molar-refractivity contribution in [1.29, 1.82) is 0 Å². The summed E-state index contributed by atoms with van der Waals surface area (Å²) in [6, 6.07) is 13.5. The summed E-state index contributed by atoms with van der Waals surface area (Å²) >= 11 is 0. The molecule has 0 saturated carbocycles. The number of nitrogens with one attached hydrogen (secondary N) is 1. The standard InChI is InChI=1S/C22H30N4O3S/c1-17-14-20(15-21(18(17)2)30(23,28)29)22(27)24-8-9-25-10-12-26(13-11-25)16-19-6-4-3-5-7-19/h3-7,14-15H,8-13,16H2,1-2H3,(H,24,27)(H2,23,28,29). The SMILES string of the molecule is Cc1cc(C(=O)NCCN2CCN(Cc3ccccc3)CC2)cc(S(N)(=O)=O)c1C. The fraction of sp³-hybridized carbons (Fsp3) is 0.409. The number of hydrogen-bond donors (Lipinski definition) is 2. The lowest BCUT2D eigenvalue weighted by molar-refractivity contribution is 0.0934. The Labute approximate surface area is 178 Å². The van der Waals surface area contributed by atoms with Crippen LogP contribution in [-0.2, 0) is 16.6 Å². The molecule has 2 aromatic rings. The van der Waals surface area contributed by atoms with Gasteiger partial charge in [-0.1, -0.05) is 30.3 Å². The minimum atomic E-state index is -3.87. The van der Waals surface area contributed by atoms with Crippen molar-refractivity contribution in [2.24, 2.45) is 5.14 Å². The van der Waals surface area contributed by atoms with E-state index in [1.54, 1.807) is 19.9 Å². The van der Waals surface area contributed by atoms with Crippen LogP contribution < -0.4 is 10.5 Å². The summed E-state index contributed by atoms with van der Waals surface area (Å²) in [6.07, 6.45) is 0. The average molecular weight is 431 g/mol. The van der Waals surface area contributed by atoms with Crippen molar-refractivity contribution < 1.29 is 13.2 Å². The number of sulfonamides is 1. The van der Waals surface area contributed by atoms with Gasteiger partial charge in [-0.25, -0.2) is 13.6 Å². The second kappa shape index (κ2) is 9.70. The molecule has 30 heavy (non-hydrogen) atoms. The van der Waals surface area contributed by atoms with Gasteiger partial charge in [-0.2, -0.15) is 0 Å². The molecule has 0 unspecified atom stereocenters. The molecule has 1 saturated heterocycles. The fourth-order valence-electron chi connectivity index (χ4n) is 3.70. The lowest BCUT2D eigenvalue weighted by Crippen LogP contribution is -2.48. The summed E-state index contributed by atoms with van der Waals surface area (Å²) in [4.78, 5) is 17.3. The molecule has 1 fully saturated rings. The number of carbonyl (C=O) groups is 1. The van der Waals surface area contributed by atoms with E-state index in [9.17, 15) is 13.2 Å². The number of primary sulfonamides is 1. The van der Waals surface area contributed by atoms with Crippen molar-refractivity contribution in [1.82, 2.24) is 15.1 Å². The van der Waals surface area contributed by atoms with Crippen LogP contribution >= 0.6 is 0 Å². The third-order valence-corrected chi connectivity index (χ3v) is 6.65. The maximum Gasteiger partial charge on any atom is 0.251 e. The number of benzene rings is 2. The van der Waals surface area contributed by atoms with Crippen molar-refractivity contribution in [3.8, 4) is 0 Å². The molecule has 1 aliphatic heterocycles. The Morgan fingerprint density at radius 2 is 1.67 bits per heavy atom. The molecule has 0 atom stereocenters. The molecule has 0 aromatic heterocycles. The summed E-state index contributed by atoms with van der Waals surface area (Å²) in [5, 5.41) is 8.18. The van der Waals surface area contributed by atoms with Gasteiger partial charge in [-0.15, -0.1) is 0 Å². The summed E-state index contributed by atoms with van der Waals surface area (Å²) in [5.41, 5.74) is 2.93. The van der Waals surface area contributed by atoms with Gasteiger partial charge in [0.1, 0.15) is 0 Å². The molecule has 2 aromatic carbocycles. The number of piperazine rings is 1. The van der Waals surface area contributed by atoms with Gasteiger partial charge in [0.15, 0.2) is 0 Å². The third kappa shape index (κ3) is 5.89. The van der Waals surface area contributed by atoms with Crippen molar-refractivity contribution in [3.63, 3.8) is 0 Å². The Kier molecular flexibility index (Phi) is 7.25. The summed E-state index contributed by atoms with van der Waals surface area (Å²) in [5.74, 6) is -0.286. The maximum atomic E-state index is 12.5. The Hall–Kier alpha value is -2.26. The number of nitrogens with zero attached hydrogens (tertiary/aromatic N) is 2. The lowest BCUT2D eigenvalue weighted by atomic mass is 10.1. The molecule has 1 heterocycles. The zero-order valence-corrected chi connectivity index (χ0v) is 18.4. The lowest BCUT2D eigenvalue weighted by Gasteiger charge is -2.34. The largest absolute Gasteiger partial charge is 0.351 e. The molecule has 8 heteroatoms. The minimum Gasteiger partial charge on any atom is -0.351 e. The highest BCUT2D eigenvalue weighted by molar-refractivity contribution is 7.89. The number of hydrogen-bond acceptors (Lipinski definition) is 5. The van der Waals surface area contributed by atoms with Crippen LogP contribution in [0.1, 0.15) is 27.0 Å². The zero-order valence-electron chi connectivity index (χ0n) is 17.6. The van der Waals surface area contributed by atoms with E-state index < -0.39 is 10.0 Å². The van der Waals surface area contributed by atoms with E-state index in [1.165, 1.54) is 11.6 Å². The highest BCUT2D eigenvalue weighted by Crippen LogP contribution is 2.20. The van der Waals surface area contributed by atoms with Crippen LogP contribution in [0.25, 0.3) is 0 Å². The van der Waals surface area contributed by atoms with Crippen LogP contribution in [0.15, 0.2) is 47.4 Å². The molecule has 0 spiro atoms. The molecule has 0 radical (unpaired) electrons. The first-order valence-corrected chi connectivity index (χ1v) is 11.7. The molecular formula is C22H30N4O3S. The predicted octanol–water partition coefficient (Wildman–Crippen LogP) is 1.50. The molecule has 3 rings (SSSR count). The number of amides is 1. The predicted molar refractivity (Wildman–Crippen MR) is 118 cm³/mol. The van der Waals surface area contributed by atoms with Crippen molar-refractivity contribution >= 4 is 15.9 Å². The summed E-state index contributed by atoms with van der Waals surface area (Å²) in [7, 11) is -3.87. The van der Waals surface area contributed by atoms with Gasteiger partial charge in [-0.3, -0.25) is 14.6 Å².